The molecule has 4 aromatic rings. The van der Waals surface area contributed by atoms with Gasteiger partial charge in [-0.25, -0.2) is 9.29 Å². The number of amides is 2. The first kappa shape index (κ1) is 26.0. The lowest BCUT2D eigenvalue weighted by atomic mass is 10.1. The first-order chi connectivity index (χ1) is 17.6. The van der Waals surface area contributed by atoms with Gasteiger partial charge >= 0.3 is 11.9 Å². The summed E-state index contributed by atoms with van der Waals surface area (Å²) < 4.78 is 20.2. The first-order valence-corrected chi connectivity index (χ1v) is 11.6. The smallest absolute Gasteiger partial charge is 0.308 e. The number of ketones is 1. The molecule has 4 rings (SSSR count). The number of carbonyl (C=O) groups excluding carboxylic acids is 4. The van der Waals surface area contributed by atoms with Crippen molar-refractivity contribution in [2.24, 2.45) is 0 Å². The van der Waals surface area contributed by atoms with Gasteiger partial charge in [0, 0.05) is 49.9 Å². The van der Waals surface area contributed by atoms with Gasteiger partial charge in [0.25, 0.3) is 5.78 Å². The molecule has 188 valence electrons. The Morgan fingerprint density at radius 3 is 2.24 bits per heavy atom. The summed E-state index contributed by atoms with van der Waals surface area (Å²) in [6, 6.07) is 10.4. The van der Waals surface area contributed by atoms with E-state index in [1.807, 2.05) is 0 Å². The maximum Gasteiger partial charge on any atom is 0.308 e. The Hall–Kier alpha value is -4.08. The molecule has 0 atom stereocenters. The lowest BCUT2D eigenvalue weighted by Gasteiger charge is -2.20. The number of benzene rings is 2. The molecule has 0 aliphatic rings. The number of esters is 1. The number of carbonyl (C=O) groups is 4. The molecule has 0 radical (unpaired) electrons. The van der Waals surface area contributed by atoms with Crippen molar-refractivity contribution in [1.82, 2.24) is 9.55 Å². The van der Waals surface area contributed by atoms with Crippen molar-refractivity contribution in [2.45, 2.75) is 20.4 Å². The summed E-state index contributed by atoms with van der Waals surface area (Å²) >= 11 is 12.3. The van der Waals surface area contributed by atoms with E-state index in [0.717, 1.165) is 12.5 Å². The van der Waals surface area contributed by atoms with Gasteiger partial charge in [0.05, 0.1) is 21.3 Å². The van der Waals surface area contributed by atoms with Crippen LogP contribution in [0, 0.1) is 5.82 Å². The lowest BCUT2D eigenvalue weighted by molar-refractivity contribution is -0.132. The molecule has 0 fully saturated rings. The summed E-state index contributed by atoms with van der Waals surface area (Å²) in [6.45, 7) is 2.56. The molecule has 0 unspecified atom stereocenters. The van der Waals surface area contributed by atoms with Crippen LogP contribution in [-0.4, -0.2) is 33.1 Å². The molecular weight excluding hydrogens is 524 g/mol. The van der Waals surface area contributed by atoms with Crippen LogP contribution in [-0.2, 0) is 20.9 Å². The van der Waals surface area contributed by atoms with Crippen molar-refractivity contribution in [1.29, 1.82) is 0 Å². The van der Waals surface area contributed by atoms with Crippen molar-refractivity contribution in [3.63, 3.8) is 0 Å². The van der Waals surface area contributed by atoms with Gasteiger partial charge in [-0.05, 0) is 35.9 Å². The Kier molecular flexibility index (Phi) is 7.37. The van der Waals surface area contributed by atoms with Gasteiger partial charge in [-0.2, -0.15) is 0 Å². The van der Waals surface area contributed by atoms with Gasteiger partial charge in [-0.15, -0.1) is 0 Å². The van der Waals surface area contributed by atoms with Crippen LogP contribution in [0.15, 0.2) is 61.1 Å². The molecule has 2 heterocycles. The highest BCUT2D eigenvalue weighted by molar-refractivity contribution is 6.54. The minimum Gasteiger partial charge on any atom is -0.427 e. The summed E-state index contributed by atoms with van der Waals surface area (Å²) in [5, 5.41) is 0.106. The molecule has 2 aromatic carbocycles. The predicted molar refractivity (Wildman–Crippen MR) is 136 cm³/mol. The molecular formula is C26H18Cl2FN3O5. The largest absolute Gasteiger partial charge is 0.427 e. The second-order valence-electron chi connectivity index (χ2n) is 8.01. The van der Waals surface area contributed by atoms with E-state index in [1.165, 1.54) is 43.7 Å². The number of nitrogens with zero attached hydrogens (tertiary/aromatic N) is 3. The zero-order chi connectivity index (χ0) is 26.9. The Labute approximate surface area is 220 Å². The van der Waals surface area contributed by atoms with Crippen LogP contribution < -0.4 is 9.64 Å². The Morgan fingerprint density at radius 1 is 1.00 bits per heavy atom. The average molecular weight is 542 g/mol. The second-order valence-corrected chi connectivity index (χ2v) is 8.82. The van der Waals surface area contributed by atoms with Crippen LogP contribution in [0.25, 0.3) is 10.9 Å². The van der Waals surface area contributed by atoms with E-state index >= 15 is 0 Å². The van der Waals surface area contributed by atoms with Crippen LogP contribution in [0.4, 0.5) is 10.1 Å². The van der Waals surface area contributed by atoms with Gasteiger partial charge in [-0.3, -0.25) is 24.2 Å². The van der Waals surface area contributed by atoms with Gasteiger partial charge in [0.1, 0.15) is 11.6 Å². The van der Waals surface area contributed by atoms with E-state index in [4.69, 9.17) is 27.9 Å². The van der Waals surface area contributed by atoms with Gasteiger partial charge in [-0.1, -0.05) is 35.3 Å². The van der Waals surface area contributed by atoms with E-state index in [2.05, 4.69) is 4.98 Å². The van der Waals surface area contributed by atoms with E-state index in [-0.39, 0.29) is 33.6 Å². The molecule has 0 aliphatic heterocycles. The van der Waals surface area contributed by atoms with Crippen molar-refractivity contribution >= 4 is 63.4 Å². The molecule has 37 heavy (non-hydrogen) atoms. The molecule has 0 aliphatic carbocycles. The first-order valence-electron chi connectivity index (χ1n) is 10.8. The number of anilines is 1. The molecule has 8 nitrogen and oxygen atoms in total. The van der Waals surface area contributed by atoms with Crippen molar-refractivity contribution in [3.8, 4) is 5.75 Å². The summed E-state index contributed by atoms with van der Waals surface area (Å²) in [4.78, 5) is 55.3. The number of halogens is 3. The van der Waals surface area contributed by atoms with Crippen LogP contribution >= 0.6 is 23.2 Å². The maximum atomic E-state index is 13.5. The molecule has 2 amide bonds. The average Bonchev–Trinajstić information content (AvgIpc) is 3.19. The number of hydrogen-bond acceptors (Lipinski definition) is 6. The number of Topliss-reactive ketones (excluding diaryl/α,β-unsaturated/α-hetero) is 1. The number of rotatable bonds is 6. The number of pyridine rings is 1. The molecule has 0 saturated carbocycles. The maximum absolute atomic E-state index is 13.5. The Balaban J connectivity index is 1.83. The Morgan fingerprint density at radius 2 is 1.65 bits per heavy atom. The number of ether oxygens (including phenoxy) is 1. The minimum atomic E-state index is -1.19. The van der Waals surface area contributed by atoms with Crippen LogP contribution in [0.5, 0.6) is 5.75 Å². The summed E-state index contributed by atoms with van der Waals surface area (Å²) in [5.41, 5.74) is 1.04. The fourth-order valence-corrected chi connectivity index (χ4v) is 4.37. The molecule has 2 aromatic heterocycles. The highest BCUT2D eigenvalue weighted by atomic mass is 35.5. The highest BCUT2D eigenvalue weighted by Crippen LogP contribution is 2.34. The zero-order valence-electron chi connectivity index (χ0n) is 19.5. The van der Waals surface area contributed by atoms with E-state index in [0.29, 0.717) is 15.8 Å². The SMILES string of the molecule is CC(=O)Oc1ccc2c(c1)c(C(=O)C(=O)N(C(C)=O)c1c(Cl)cncc1Cl)cn2Cc1ccc(F)cc1. The Bertz CT molecular complexity index is 1550. The highest BCUT2D eigenvalue weighted by Gasteiger charge is 2.33. The number of hydrogen-bond donors (Lipinski definition) is 0. The summed E-state index contributed by atoms with van der Waals surface area (Å²) in [6.07, 6.45) is 3.83. The molecule has 0 spiro atoms. The lowest BCUT2D eigenvalue weighted by Crippen LogP contribution is -2.40. The van der Waals surface area contributed by atoms with Gasteiger partial charge in [0.15, 0.2) is 0 Å². The van der Waals surface area contributed by atoms with Crippen molar-refractivity contribution in [2.75, 3.05) is 4.90 Å². The van der Waals surface area contributed by atoms with E-state index in [9.17, 15) is 23.6 Å². The topological polar surface area (TPSA) is 98.6 Å². The monoisotopic (exact) mass is 541 g/mol. The molecule has 0 bridgehead atoms. The number of imide groups is 1. The fourth-order valence-electron chi connectivity index (χ4n) is 3.84. The van der Waals surface area contributed by atoms with Crippen LogP contribution in [0.1, 0.15) is 29.8 Å². The minimum absolute atomic E-state index is 0.0522. The third kappa shape index (κ3) is 5.37. The van der Waals surface area contributed by atoms with Crippen LogP contribution in [0.2, 0.25) is 10.0 Å². The second kappa shape index (κ2) is 10.5. The van der Waals surface area contributed by atoms with Crippen molar-refractivity contribution < 1.29 is 28.3 Å². The zero-order valence-corrected chi connectivity index (χ0v) is 21.0. The summed E-state index contributed by atoms with van der Waals surface area (Å²) in [5.74, 6) is -3.82. The van der Waals surface area contributed by atoms with Crippen LogP contribution in [0.3, 0.4) is 0 Å². The van der Waals surface area contributed by atoms with Crippen molar-refractivity contribution in [3.05, 3.63) is 88.0 Å². The molecule has 0 saturated heterocycles. The number of aromatic nitrogens is 2. The predicted octanol–water partition coefficient (Wildman–Crippen LogP) is 5.22. The fraction of sp³-hybridized carbons (Fsp3) is 0.115. The quantitative estimate of drug-likeness (QED) is 0.144. The molecule has 11 heteroatoms. The number of fused-ring (bicyclic) bond motifs is 1. The summed E-state index contributed by atoms with van der Waals surface area (Å²) in [7, 11) is 0. The molecule has 0 N–H and O–H groups in total. The third-order valence-corrected chi connectivity index (χ3v) is 5.94. The van der Waals surface area contributed by atoms with Gasteiger partial charge < -0.3 is 9.30 Å². The van der Waals surface area contributed by atoms with E-state index < -0.39 is 29.4 Å². The van der Waals surface area contributed by atoms with Gasteiger partial charge in [0.2, 0.25) is 5.91 Å². The third-order valence-electron chi connectivity index (χ3n) is 5.39. The van der Waals surface area contributed by atoms with E-state index in [1.54, 1.807) is 28.8 Å². The standard InChI is InChI=1S/C26H18Cl2FN3O5/c1-14(33)32(24-21(27)10-30-11-22(24)28)26(36)25(35)20-13-31(12-16-3-5-17(29)6-4-16)23-8-7-18(9-19(20)23)37-15(2)34/h3-11,13H,12H2,1-2H3. The normalized spacial score (nSPS) is 10.8.